The van der Waals surface area contributed by atoms with E-state index in [1.165, 1.54) is 32.1 Å². The highest BCUT2D eigenvalue weighted by atomic mass is 16.5. The van der Waals surface area contributed by atoms with Gasteiger partial charge in [-0.3, -0.25) is 0 Å². The Bertz CT molecular complexity index is 435. The van der Waals surface area contributed by atoms with Gasteiger partial charge in [0.25, 0.3) is 0 Å². The third-order valence-electron chi connectivity index (χ3n) is 5.42. The van der Waals surface area contributed by atoms with Gasteiger partial charge in [-0.2, -0.15) is 4.98 Å². The van der Waals surface area contributed by atoms with E-state index in [2.05, 4.69) is 24.0 Å². The monoisotopic (exact) mass is 277 g/mol. The molecule has 3 rings (SSSR count). The lowest BCUT2D eigenvalue weighted by Gasteiger charge is -2.29. The summed E-state index contributed by atoms with van der Waals surface area (Å²) in [5, 5.41) is 4.25. The second-order valence-electron chi connectivity index (χ2n) is 7.05. The van der Waals surface area contributed by atoms with E-state index in [0.29, 0.717) is 11.8 Å². The molecule has 2 fully saturated rings. The molecule has 1 heterocycles. The molecule has 0 saturated heterocycles. The zero-order valence-corrected chi connectivity index (χ0v) is 12.7. The number of hydrogen-bond donors (Lipinski definition) is 1. The summed E-state index contributed by atoms with van der Waals surface area (Å²) < 4.78 is 5.51. The van der Waals surface area contributed by atoms with E-state index < -0.39 is 0 Å². The largest absolute Gasteiger partial charge is 0.339 e. The molecule has 0 radical (unpaired) electrons. The summed E-state index contributed by atoms with van der Waals surface area (Å²) in [6.45, 7) is 4.66. The maximum atomic E-state index is 6.12. The molecule has 2 atom stereocenters. The van der Waals surface area contributed by atoms with Crippen LogP contribution in [0.25, 0.3) is 0 Å². The third-order valence-corrected chi connectivity index (χ3v) is 5.42. The van der Waals surface area contributed by atoms with Crippen molar-refractivity contribution in [3.8, 4) is 0 Å². The summed E-state index contributed by atoms with van der Waals surface area (Å²) in [6, 6.07) is 0.208. The van der Waals surface area contributed by atoms with Crippen LogP contribution in [0.15, 0.2) is 4.52 Å². The normalized spacial score (nSPS) is 34.8. The average molecular weight is 277 g/mol. The fourth-order valence-electron chi connectivity index (χ4n) is 3.90. The van der Waals surface area contributed by atoms with Crippen LogP contribution in [0.1, 0.15) is 82.3 Å². The summed E-state index contributed by atoms with van der Waals surface area (Å²) >= 11 is 0. The first-order valence-corrected chi connectivity index (χ1v) is 8.24. The molecular weight excluding hydrogens is 250 g/mol. The summed E-state index contributed by atoms with van der Waals surface area (Å²) in [5.41, 5.74) is 6.12. The van der Waals surface area contributed by atoms with Crippen molar-refractivity contribution >= 4 is 0 Å². The number of nitrogens with two attached hydrogens (primary N) is 1. The highest BCUT2D eigenvalue weighted by Crippen LogP contribution is 2.39. The van der Waals surface area contributed by atoms with Crippen molar-refractivity contribution in [1.29, 1.82) is 0 Å². The van der Waals surface area contributed by atoms with Gasteiger partial charge >= 0.3 is 0 Å². The van der Waals surface area contributed by atoms with E-state index in [1.54, 1.807) is 0 Å². The first-order valence-electron chi connectivity index (χ1n) is 8.24. The predicted molar refractivity (Wildman–Crippen MR) is 78.4 cm³/mol. The van der Waals surface area contributed by atoms with Gasteiger partial charge in [0.1, 0.15) is 0 Å². The Morgan fingerprint density at radius 1 is 1.10 bits per heavy atom. The van der Waals surface area contributed by atoms with Crippen molar-refractivity contribution < 1.29 is 4.52 Å². The zero-order valence-electron chi connectivity index (χ0n) is 12.7. The van der Waals surface area contributed by atoms with Gasteiger partial charge in [0.05, 0.1) is 5.92 Å². The van der Waals surface area contributed by atoms with E-state index in [4.69, 9.17) is 10.3 Å². The molecule has 1 aromatic rings. The van der Waals surface area contributed by atoms with Crippen LogP contribution in [0, 0.1) is 11.8 Å². The van der Waals surface area contributed by atoms with Gasteiger partial charge < -0.3 is 10.3 Å². The number of nitrogens with zero attached hydrogens (tertiary/aromatic N) is 2. The van der Waals surface area contributed by atoms with Gasteiger partial charge in [0.15, 0.2) is 5.82 Å². The molecule has 20 heavy (non-hydrogen) atoms. The summed E-state index contributed by atoms with van der Waals surface area (Å²) in [4.78, 5) is 4.68. The Labute approximate surface area is 121 Å². The molecule has 2 unspecified atom stereocenters. The van der Waals surface area contributed by atoms with Crippen LogP contribution in [-0.2, 0) is 0 Å². The molecule has 1 aromatic heterocycles. The molecule has 2 N–H and O–H groups in total. The number of aromatic nitrogens is 2. The van der Waals surface area contributed by atoms with Crippen LogP contribution in [0.3, 0.4) is 0 Å². The summed E-state index contributed by atoms with van der Waals surface area (Å²) in [5.74, 6) is 4.19. The van der Waals surface area contributed by atoms with Gasteiger partial charge in [0, 0.05) is 12.0 Å². The minimum Gasteiger partial charge on any atom is -0.339 e. The van der Waals surface area contributed by atoms with Crippen molar-refractivity contribution in [2.45, 2.75) is 76.7 Å². The Morgan fingerprint density at radius 3 is 2.45 bits per heavy atom. The zero-order chi connectivity index (χ0) is 14.1. The molecule has 4 nitrogen and oxygen atoms in total. The highest BCUT2D eigenvalue weighted by molar-refractivity contribution is 5.05. The van der Waals surface area contributed by atoms with Crippen molar-refractivity contribution in [3.05, 3.63) is 11.7 Å². The molecule has 0 amide bonds. The molecular formula is C16H27N3O. The van der Waals surface area contributed by atoms with Crippen LogP contribution < -0.4 is 5.73 Å². The van der Waals surface area contributed by atoms with E-state index in [0.717, 1.165) is 36.4 Å². The first-order chi connectivity index (χ1) is 9.65. The van der Waals surface area contributed by atoms with Gasteiger partial charge in [-0.1, -0.05) is 25.4 Å². The molecule has 4 heteroatoms. The molecule has 2 saturated carbocycles. The summed E-state index contributed by atoms with van der Waals surface area (Å²) in [7, 11) is 0. The van der Waals surface area contributed by atoms with Crippen molar-refractivity contribution in [3.63, 3.8) is 0 Å². The Hall–Kier alpha value is -0.900. The van der Waals surface area contributed by atoms with Crippen LogP contribution >= 0.6 is 0 Å². The quantitative estimate of drug-likeness (QED) is 0.917. The van der Waals surface area contributed by atoms with E-state index in [9.17, 15) is 0 Å². The fourth-order valence-corrected chi connectivity index (χ4v) is 3.90. The summed E-state index contributed by atoms with van der Waals surface area (Å²) in [6.07, 6.45) is 8.38. The Kier molecular flexibility index (Phi) is 4.11. The lowest BCUT2D eigenvalue weighted by Crippen LogP contribution is -2.23. The van der Waals surface area contributed by atoms with E-state index >= 15 is 0 Å². The second-order valence-corrected chi connectivity index (χ2v) is 7.05. The van der Waals surface area contributed by atoms with E-state index in [-0.39, 0.29) is 6.04 Å². The molecule has 2 aliphatic carbocycles. The highest BCUT2D eigenvalue weighted by Gasteiger charge is 2.32. The van der Waals surface area contributed by atoms with Crippen molar-refractivity contribution in [2.75, 3.05) is 0 Å². The second kappa shape index (κ2) is 5.84. The first kappa shape index (κ1) is 14.1. The van der Waals surface area contributed by atoms with Gasteiger partial charge in [-0.25, -0.2) is 0 Å². The van der Waals surface area contributed by atoms with Gasteiger partial charge in [0.2, 0.25) is 5.89 Å². The minimum atomic E-state index is 0.208. The maximum Gasteiger partial charge on any atom is 0.231 e. The standard InChI is InChI=1S/C16H27N3O/c1-10(2)11-6-8-12(9-7-11)15-18-16(20-19-15)13-4-3-5-14(13)17/h10-14H,3-9,17H2,1-2H3. The lowest BCUT2D eigenvalue weighted by molar-refractivity contribution is 0.251. The molecule has 2 aliphatic rings. The maximum absolute atomic E-state index is 6.12. The van der Waals surface area contributed by atoms with Crippen LogP contribution in [0.4, 0.5) is 0 Å². The molecule has 0 aliphatic heterocycles. The molecule has 0 aromatic carbocycles. The molecule has 112 valence electrons. The minimum absolute atomic E-state index is 0.208. The Balaban J connectivity index is 1.63. The third kappa shape index (κ3) is 2.76. The molecule has 0 bridgehead atoms. The van der Waals surface area contributed by atoms with Crippen LogP contribution in [0.5, 0.6) is 0 Å². The van der Waals surface area contributed by atoms with Gasteiger partial charge in [-0.05, 0) is 50.4 Å². The van der Waals surface area contributed by atoms with Gasteiger partial charge in [-0.15, -0.1) is 0 Å². The van der Waals surface area contributed by atoms with Crippen LogP contribution in [-0.4, -0.2) is 16.2 Å². The lowest BCUT2D eigenvalue weighted by atomic mass is 9.77. The topological polar surface area (TPSA) is 64.9 Å². The van der Waals surface area contributed by atoms with Crippen LogP contribution in [0.2, 0.25) is 0 Å². The van der Waals surface area contributed by atoms with E-state index in [1.807, 2.05) is 0 Å². The number of rotatable bonds is 3. The van der Waals surface area contributed by atoms with Crippen molar-refractivity contribution in [2.24, 2.45) is 17.6 Å². The average Bonchev–Trinajstić information content (AvgIpc) is 3.07. The SMILES string of the molecule is CC(C)C1CCC(c2noc(C3CCCC3N)n2)CC1. The number of hydrogen-bond acceptors (Lipinski definition) is 4. The van der Waals surface area contributed by atoms with Crippen molar-refractivity contribution in [1.82, 2.24) is 10.1 Å². The smallest absolute Gasteiger partial charge is 0.231 e. The predicted octanol–water partition coefficient (Wildman–Crippen LogP) is 3.59. The Morgan fingerprint density at radius 2 is 1.85 bits per heavy atom. The molecule has 0 spiro atoms. The fraction of sp³-hybridized carbons (Fsp3) is 0.875.